The van der Waals surface area contributed by atoms with Crippen molar-refractivity contribution in [3.8, 4) is 0 Å². The molecule has 0 saturated carbocycles. The number of hydrogen-bond donors (Lipinski definition) is 1. The largest absolute Gasteiger partial charge is 0.322 e. The second kappa shape index (κ2) is 7.01. The van der Waals surface area contributed by atoms with Crippen LogP contribution in [0.3, 0.4) is 0 Å². The van der Waals surface area contributed by atoms with Gasteiger partial charge in [0.2, 0.25) is 10.0 Å². The van der Waals surface area contributed by atoms with E-state index in [-0.39, 0.29) is 5.91 Å². The first-order valence-electron chi connectivity index (χ1n) is 7.98. The number of nitrogens with zero attached hydrogens (tertiary/aromatic N) is 1. The molecule has 0 bridgehead atoms. The molecule has 2 heterocycles. The molecule has 3 rings (SSSR count). The summed E-state index contributed by atoms with van der Waals surface area (Å²) in [6.07, 6.45) is 4.64. The third-order valence-corrected chi connectivity index (χ3v) is 6.07. The first kappa shape index (κ1) is 17.7. The first-order valence-corrected chi connectivity index (χ1v) is 10.7. The first-order chi connectivity index (χ1) is 11.8. The van der Waals surface area contributed by atoms with Crippen molar-refractivity contribution in [3.05, 3.63) is 51.7 Å². The van der Waals surface area contributed by atoms with Crippen molar-refractivity contribution in [1.29, 1.82) is 0 Å². The molecule has 1 aliphatic rings. The minimum atomic E-state index is -3.28. The number of anilines is 2. The lowest BCUT2D eigenvalue weighted by Gasteiger charge is -2.29. The van der Waals surface area contributed by atoms with Crippen LogP contribution in [0.4, 0.5) is 11.4 Å². The molecule has 5 nitrogen and oxygen atoms in total. The van der Waals surface area contributed by atoms with Crippen molar-refractivity contribution < 1.29 is 13.2 Å². The smallest absolute Gasteiger partial charge is 0.251 e. The Hall–Kier alpha value is -2.12. The summed E-state index contributed by atoms with van der Waals surface area (Å²) in [6.45, 7) is 2.28. The Balaban J connectivity index is 1.80. The molecular weight excluding hydrogens is 356 g/mol. The van der Waals surface area contributed by atoms with Crippen LogP contribution in [0, 0.1) is 0 Å². The lowest BCUT2D eigenvalue weighted by atomic mass is 10.0. The molecule has 25 heavy (non-hydrogen) atoms. The van der Waals surface area contributed by atoms with Gasteiger partial charge >= 0.3 is 0 Å². The monoisotopic (exact) mass is 376 g/mol. The van der Waals surface area contributed by atoms with Crippen LogP contribution in [0.5, 0.6) is 0 Å². The normalized spacial score (nSPS) is 15.0. The maximum absolute atomic E-state index is 12.3. The highest BCUT2D eigenvalue weighted by molar-refractivity contribution is 7.92. The van der Waals surface area contributed by atoms with Crippen LogP contribution in [0.25, 0.3) is 6.08 Å². The van der Waals surface area contributed by atoms with Gasteiger partial charge in [0, 0.05) is 22.7 Å². The molecule has 1 amide bonds. The highest BCUT2D eigenvalue weighted by atomic mass is 32.2. The topological polar surface area (TPSA) is 66.5 Å². The van der Waals surface area contributed by atoms with Crippen molar-refractivity contribution in [2.75, 3.05) is 22.4 Å². The van der Waals surface area contributed by atoms with Crippen LogP contribution in [0.2, 0.25) is 0 Å². The second-order valence-corrected chi connectivity index (χ2v) is 8.97. The number of sulfonamides is 1. The number of carbonyl (C=O) groups is 1. The average molecular weight is 377 g/mol. The van der Waals surface area contributed by atoms with Gasteiger partial charge in [-0.2, -0.15) is 0 Å². The molecule has 1 N–H and O–H groups in total. The zero-order valence-electron chi connectivity index (χ0n) is 14.2. The molecule has 1 aliphatic heterocycles. The molecule has 7 heteroatoms. The Morgan fingerprint density at radius 2 is 2.12 bits per heavy atom. The number of hydrogen-bond acceptors (Lipinski definition) is 4. The second-order valence-electron chi connectivity index (χ2n) is 6.08. The van der Waals surface area contributed by atoms with Crippen molar-refractivity contribution in [2.45, 2.75) is 19.8 Å². The molecule has 0 radical (unpaired) electrons. The number of rotatable bonds is 4. The van der Waals surface area contributed by atoms with Crippen LogP contribution in [-0.4, -0.2) is 27.1 Å². The third kappa shape index (κ3) is 4.11. The van der Waals surface area contributed by atoms with Gasteiger partial charge in [-0.1, -0.05) is 6.07 Å². The molecule has 0 unspecified atom stereocenters. The zero-order valence-corrected chi connectivity index (χ0v) is 15.8. The van der Waals surface area contributed by atoms with E-state index in [0.717, 1.165) is 23.3 Å². The van der Waals surface area contributed by atoms with Crippen molar-refractivity contribution >= 4 is 44.7 Å². The number of fused-ring (bicyclic) bond motifs is 1. The van der Waals surface area contributed by atoms with Crippen molar-refractivity contribution in [3.63, 3.8) is 0 Å². The Labute approximate surface area is 152 Å². The number of nitrogens with one attached hydrogen (secondary N) is 1. The van der Waals surface area contributed by atoms with Gasteiger partial charge < -0.3 is 5.32 Å². The van der Waals surface area contributed by atoms with E-state index in [0.29, 0.717) is 23.5 Å². The summed E-state index contributed by atoms with van der Waals surface area (Å²) in [5.41, 5.74) is 2.95. The Morgan fingerprint density at radius 1 is 1.32 bits per heavy atom. The van der Waals surface area contributed by atoms with Crippen LogP contribution < -0.4 is 9.62 Å². The highest BCUT2D eigenvalue weighted by Crippen LogP contribution is 2.31. The van der Waals surface area contributed by atoms with Gasteiger partial charge in [0.05, 0.1) is 11.9 Å². The van der Waals surface area contributed by atoms with E-state index in [9.17, 15) is 13.2 Å². The van der Waals surface area contributed by atoms with Crippen molar-refractivity contribution in [2.24, 2.45) is 0 Å². The van der Waals surface area contributed by atoms with E-state index >= 15 is 0 Å². The molecule has 0 aliphatic carbocycles. The molecule has 0 atom stereocenters. The molecule has 0 spiro atoms. The molecule has 132 valence electrons. The fourth-order valence-corrected chi connectivity index (χ4v) is 4.58. The molecular formula is C18H20N2O3S2. The van der Waals surface area contributed by atoms with Gasteiger partial charge in [0.1, 0.15) is 0 Å². The molecule has 1 aromatic heterocycles. The van der Waals surface area contributed by atoms with E-state index in [2.05, 4.69) is 5.32 Å². The lowest BCUT2D eigenvalue weighted by molar-refractivity contribution is -0.112. The van der Waals surface area contributed by atoms with Gasteiger partial charge in [-0.3, -0.25) is 9.10 Å². The number of aryl methyl sites for hydroxylation is 1. The van der Waals surface area contributed by atoms with Gasteiger partial charge in [0.25, 0.3) is 5.91 Å². The molecule has 1 aromatic carbocycles. The lowest BCUT2D eigenvalue weighted by Crippen LogP contribution is -2.34. The Morgan fingerprint density at radius 3 is 2.80 bits per heavy atom. The Kier molecular flexibility index (Phi) is 4.96. The van der Waals surface area contributed by atoms with Gasteiger partial charge in [0.15, 0.2) is 0 Å². The number of thiophene rings is 1. The van der Waals surface area contributed by atoms with E-state index in [1.807, 2.05) is 29.7 Å². The summed E-state index contributed by atoms with van der Waals surface area (Å²) in [6, 6.07) is 9.28. The SMILES string of the molecule is C/C(=C\c1cccs1)C(=O)Nc1ccc2c(c1)CCCN2S(C)(=O)=O. The standard InChI is InChI=1S/C18H20N2O3S2/c1-13(11-16-6-4-10-24-16)18(21)19-15-7-8-17-14(12-15)5-3-9-20(17)25(2,22)23/h4,6-8,10-12H,3,5,9H2,1-2H3,(H,19,21)/b13-11+. The maximum atomic E-state index is 12.3. The summed E-state index contributed by atoms with van der Waals surface area (Å²) in [7, 11) is -3.28. The fraction of sp³-hybridized carbons (Fsp3) is 0.278. The summed E-state index contributed by atoms with van der Waals surface area (Å²) in [5.74, 6) is -0.163. The van der Waals surface area contributed by atoms with Crippen LogP contribution in [0.15, 0.2) is 41.3 Å². The Bertz CT molecular complexity index is 916. The van der Waals surface area contributed by atoms with E-state index < -0.39 is 10.0 Å². The quantitative estimate of drug-likeness (QED) is 0.831. The number of amides is 1. The minimum Gasteiger partial charge on any atom is -0.322 e. The number of benzene rings is 1. The van der Waals surface area contributed by atoms with Gasteiger partial charge in [-0.25, -0.2) is 8.42 Å². The summed E-state index contributed by atoms with van der Waals surface area (Å²) >= 11 is 1.58. The average Bonchev–Trinajstić information content (AvgIpc) is 3.06. The minimum absolute atomic E-state index is 0.163. The predicted molar refractivity (Wildman–Crippen MR) is 104 cm³/mol. The zero-order chi connectivity index (χ0) is 18.0. The van der Waals surface area contributed by atoms with Crippen LogP contribution >= 0.6 is 11.3 Å². The predicted octanol–water partition coefficient (Wildman–Crippen LogP) is 3.50. The summed E-state index contributed by atoms with van der Waals surface area (Å²) in [5, 5.41) is 4.85. The van der Waals surface area contributed by atoms with Crippen LogP contribution in [-0.2, 0) is 21.2 Å². The molecule has 2 aromatic rings. The van der Waals surface area contributed by atoms with E-state index in [1.54, 1.807) is 30.4 Å². The summed E-state index contributed by atoms with van der Waals surface area (Å²) in [4.78, 5) is 13.4. The highest BCUT2D eigenvalue weighted by Gasteiger charge is 2.24. The van der Waals surface area contributed by atoms with E-state index in [4.69, 9.17) is 0 Å². The third-order valence-electron chi connectivity index (χ3n) is 4.07. The molecule has 0 saturated heterocycles. The van der Waals surface area contributed by atoms with Gasteiger partial charge in [-0.05, 0) is 61.1 Å². The summed E-state index contributed by atoms with van der Waals surface area (Å²) < 4.78 is 25.2. The van der Waals surface area contributed by atoms with E-state index in [1.165, 1.54) is 10.6 Å². The molecule has 0 fully saturated rings. The van der Waals surface area contributed by atoms with Gasteiger partial charge in [-0.15, -0.1) is 11.3 Å². The fourth-order valence-electron chi connectivity index (χ4n) is 2.87. The maximum Gasteiger partial charge on any atom is 0.251 e. The van der Waals surface area contributed by atoms with Crippen LogP contribution in [0.1, 0.15) is 23.8 Å². The number of carbonyl (C=O) groups excluding carboxylic acids is 1. The van der Waals surface area contributed by atoms with Crippen molar-refractivity contribution in [1.82, 2.24) is 0 Å².